The zero-order chi connectivity index (χ0) is 26.6. The van der Waals surface area contributed by atoms with Gasteiger partial charge in [-0.15, -0.1) is 0 Å². The highest BCUT2D eigenvalue weighted by Gasteiger charge is 2.36. The Morgan fingerprint density at radius 2 is 1.81 bits per heavy atom. The van der Waals surface area contributed by atoms with E-state index in [1.54, 1.807) is 7.11 Å². The second-order valence-corrected chi connectivity index (χ2v) is 16.5. The van der Waals surface area contributed by atoms with Crippen LogP contribution in [0.5, 0.6) is 11.6 Å². The van der Waals surface area contributed by atoms with Crippen LogP contribution in [0, 0.1) is 0 Å². The molecule has 1 aromatic carbocycles. The first-order valence-corrected chi connectivity index (χ1v) is 16.4. The van der Waals surface area contributed by atoms with Crippen LogP contribution in [0.25, 0.3) is 5.57 Å². The average molecular weight is 523 g/mol. The van der Waals surface area contributed by atoms with E-state index in [-0.39, 0.29) is 17.0 Å². The Morgan fingerprint density at radius 1 is 1.08 bits per heavy atom. The van der Waals surface area contributed by atoms with Gasteiger partial charge >= 0.3 is 0 Å². The van der Waals surface area contributed by atoms with Gasteiger partial charge in [-0.05, 0) is 67.1 Å². The molecule has 2 heterocycles. The molecular weight excluding hydrogens is 480 g/mol. The number of rotatable bonds is 11. The van der Waals surface area contributed by atoms with Crippen molar-refractivity contribution in [3.63, 3.8) is 0 Å². The summed E-state index contributed by atoms with van der Waals surface area (Å²) in [4.78, 5) is 16.7. The van der Waals surface area contributed by atoms with Crippen molar-refractivity contribution >= 4 is 19.8 Å². The Kier molecular flexibility index (Phi) is 8.44. The second-order valence-electron chi connectivity index (χ2n) is 11.7. The van der Waals surface area contributed by atoms with Crippen LogP contribution >= 0.6 is 0 Å². The summed E-state index contributed by atoms with van der Waals surface area (Å²) in [7, 11) is -0.0403. The van der Waals surface area contributed by atoms with Gasteiger partial charge in [0, 0.05) is 36.6 Å². The van der Waals surface area contributed by atoms with Crippen molar-refractivity contribution in [2.45, 2.75) is 83.0 Å². The van der Waals surface area contributed by atoms with Crippen LogP contribution < -0.4 is 14.8 Å². The third-order valence-electron chi connectivity index (χ3n) is 7.76. The number of benzene rings is 1. The van der Waals surface area contributed by atoms with E-state index in [1.165, 1.54) is 18.4 Å². The van der Waals surface area contributed by atoms with Gasteiger partial charge in [-0.3, -0.25) is 4.79 Å². The lowest BCUT2D eigenvalue weighted by Gasteiger charge is -2.36. The lowest BCUT2D eigenvalue weighted by atomic mass is 9.98. The van der Waals surface area contributed by atoms with Crippen molar-refractivity contribution in [2.75, 3.05) is 20.3 Å². The maximum atomic E-state index is 11.8. The first-order chi connectivity index (χ1) is 17.6. The fourth-order valence-electron chi connectivity index (χ4n) is 4.29. The number of amides is 1. The van der Waals surface area contributed by atoms with Gasteiger partial charge in [-0.2, -0.15) is 0 Å². The summed E-state index contributed by atoms with van der Waals surface area (Å²) >= 11 is 0. The van der Waals surface area contributed by atoms with Crippen LogP contribution in [-0.2, 0) is 9.22 Å². The van der Waals surface area contributed by atoms with Gasteiger partial charge in [0.05, 0.1) is 19.4 Å². The van der Waals surface area contributed by atoms with Gasteiger partial charge in [0.2, 0.25) is 11.8 Å². The van der Waals surface area contributed by atoms with Gasteiger partial charge < -0.3 is 19.2 Å². The molecule has 0 radical (unpaired) electrons. The summed E-state index contributed by atoms with van der Waals surface area (Å²) in [5, 5.41) is 3.27. The number of nitrogens with zero attached hydrogens (tertiary/aromatic N) is 1. The quantitative estimate of drug-likeness (QED) is 0.271. The zero-order valence-corrected chi connectivity index (χ0v) is 24.2. The van der Waals surface area contributed by atoms with Crippen LogP contribution in [-0.4, -0.2) is 45.6 Å². The van der Waals surface area contributed by atoms with E-state index in [0.717, 1.165) is 42.0 Å². The molecular formula is C30H42N2O4Si. The minimum Gasteiger partial charge on any atom is -0.494 e. The smallest absolute Gasteiger partial charge is 0.220 e. The lowest BCUT2D eigenvalue weighted by molar-refractivity contribution is -0.119. The summed E-state index contributed by atoms with van der Waals surface area (Å²) in [5.41, 5.74) is 4.05. The van der Waals surface area contributed by atoms with Crippen LogP contribution in [0.3, 0.4) is 0 Å². The standard InChI is InChI=1S/C30H42N2O4Si/c1-30(2,3)37(5,6)36-19-7-18-35-24-13-10-22(11-14-24)26(20-23-12-17-28(33)31-23)27-16-15-25(21-8-9-21)29(32-27)34-4/h10-11,13-16,20-21,23H,7-9,12,17-19H2,1-6H3,(H,31,33)/b26-20+/t23-/m1/s1. The Hall–Kier alpha value is -2.64. The number of hydrogen-bond donors (Lipinski definition) is 1. The second kappa shape index (κ2) is 11.4. The van der Waals surface area contributed by atoms with Crippen molar-refractivity contribution < 1.29 is 18.7 Å². The highest BCUT2D eigenvalue weighted by Crippen LogP contribution is 2.44. The number of methoxy groups -OCH3 is 1. The molecule has 4 rings (SSSR count). The molecule has 0 unspecified atom stereocenters. The minimum atomic E-state index is -1.72. The van der Waals surface area contributed by atoms with Gasteiger partial charge in [0.15, 0.2) is 8.32 Å². The molecule has 0 spiro atoms. The molecule has 7 heteroatoms. The molecule has 6 nitrogen and oxygen atoms in total. The molecule has 1 atom stereocenters. The monoisotopic (exact) mass is 522 g/mol. The third-order valence-corrected chi connectivity index (χ3v) is 12.3. The van der Waals surface area contributed by atoms with E-state index >= 15 is 0 Å². The Labute approximate surface area is 222 Å². The average Bonchev–Trinajstić information content (AvgIpc) is 3.62. The van der Waals surface area contributed by atoms with Crippen molar-refractivity contribution in [1.82, 2.24) is 10.3 Å². The summed E-state index contributed by atoms with van der Waals surface area (Å²) in [6.45, 7) is 12.7. The van der Waals surface area contributed by atoms with Crippen LogP contribution in [0.2, 0.25) is 18.1 Å². The molecule has 1 aliphatic heterocycles. The van der Waals surface area contributed by atoms with Gasteiger partial charge in [-0.25, -0.2) is 4.98 Å². The van der Waals surface area contributed by atoms with E-state index < -0.39 is 8.32 Å². The molecule has 37 heavy (non-hydrogen) atoms. The number of aromatic nitrogens is 1. The van der Waals surface area contributed by atoms with Crippen molar-refractivity contribution in [1.29, 1.82) is 0 Å². The number of nitrogens with one attached hydrogen (secondary N) is 1. The lowest BCUT2D eigenvalue weighted by Crippen LogP contribution is -2.41. The van der Waals surface area contributed by atoms with E-state index in [0.29, 0.717) is 24.8 Å². The fourth-order valence-corrected chi connectivity index (χ4v) is 5.37. The molecule has 1 amide bonds. The number of hydrogen-bond acceptors (Lipinski definition) is 5. The molecule has 1 aliphatic carbocycles. The van der Waals surface area contributed by atoms with Crippen LogP contribution in [0.4, 0.5) is 0 Å². The predicted octanol–water partition coefficient (Wildman–Crippen LogP) is 6.47. The summed E-state index contributed by atoms with van der Waals surface area (Å²) in [6.07, 6.45) is 6.71. The normalized spacial score (nSPS) is 18.6. The molecule has 2 aliphatic rings. The van der Waals surface area contributed by atoms with E-state index in [1.807, 2.05) is 12.1 Å². The first kappa shape index (κ1) is 27.4. The van der Waals surface area contributed by atoms with Crippen molar-refractivity contribution in [3.8, 4) is 11.6 Å². The molecule has 2 fully saturated rings. The van der Waals surface area contributed by atoms with Gasteiger partial charge in [0.25, 0.3) is 0 Å². The third kappa shape index (κ3) is 7.02. The van der Waals surface area contributed by atoms with E-state index in [2.05, 4.69) is 69.5 Å². The maximum absolute atomic E-state index is 11.8. The minimum absolute atomic E-state index is 0.00442. The number of pyridine rings is 1. The maximum Gasteiger partial charge on any atom is 0.220 e. The van der Waals surface area contributed by atoms with Crippen molar-refractivity contribution in [2.24, 2.45) is 0 Å². The van der Waals surface area contributed by atoms with Crippen LogP contribution in [0.1, 0.15) is 75.6 Å². The van der Waals surface area contributed by atoms with Gasteiger partial charge in [0.1, 0.15) is 5.75 Å². The molecule has 200 valence electrons. The first-order valence-electron chi connectivity index (χ1n) is 13.5. The number of carbonyl (C=O) groups excluding carboxylic acids is 1. The molecule has 2 aromatic rings. The largest absolute Gasteiger partial charge is 0.494 e. The molecule has 0 bridgehead atoms. The highest BCUT2D eigenvalue weighted by molar-refractivity contribution is 6.74. The fraction of sp³-hybridized carbons (Fsp3) is 0.533. The highest BCUT2D eigenvalue weighted by atomic mass is 28.4. The summed E-state index contributed by atoms with van der Waals surface area (Å²) in [5.74, 6) is 2.18. The Balaban J connectivity index is 1.45. The molecule has 1 N–H and O–H groups in total. The summed E-state index contributed by atoms with van der Waals surface area (Å²) < 4.78 is 17.9. The predicted molar refractivity (Wildman–Crippen MR) is 151 cm³/mol. The van der Waals surface area contributed by atoms with E-state index in [4.69, 9.17) is 18.9 Å². The Morgan fingerprint density at radius 3 is 2.41 bits per heavy atom. The molecule has 1 saturated carbocycles. The number of carbonyl (C=O) groups is 1. The van der Waals surface area contributed by atoms with Crippen LogP contribution in [0.15, 0.2) is 42.5 Å². The topological polar surface area (TPSA) is 69.7 Å². The number of ether oxygens (including phenoxy) is 2. The zero-order valence-electron chi connectivity index (χ0n) is 23.2. The van der Waals surface area contributed by atoms with E-state index in [9.17, 15) is 4.79 Å². The van der Waals surface area contributed by atoms with Gasteiger partial charge in [-0.1, -0.05) is 45.0 Å². The van der Waals surface area contributed by atoms with Crippen molar-refractivity contribution in [3.05, 3.63) is 59.3 Å². The Bertz CT molecular complexity index is 1120. The molecule has 1 saturated heterocycles. The molecule has 1 aromatic heterocycles. The summed E-state index contributed by atoms with van der Waals surface area (Å²) in [6, 6.07) is 12.3. The SMILES string of the molecule is COc1nc(/C(=C/[C@H]2CCC(=O)N2)c2ccc(OCCCO[Si](C)(C)C(C)(C)C)cc2)ccc1C1CC1.